The maximum atomic E-state index is 11.3. The SMILES string of the molecule is CCC(=O)C1CCC=CCC1. The van der Waals surface area contributed by atoms with E-state index >= 15 is 0 Å². The number of carbonyl (C=O) groups excluding carboxylic acids is 1. The van der Waals surface area contributed by atoms with E-state index in [0.717, 1.165) is 25.7 Å². The summed E-state index contributed by atoms with van der Waals surface area (Å²) in [4.78, 5) is 11.3. The van der Waals surface area contributed by atoms with Crippen LogP contribution in [0, 0.1) is 5.92 Å². The number of allylic oxidation sites excluding steroid dienone is 2. The highest BCUT2D eigenvalue weighted by Crippen LogP contribution is 2.20. The highest BCUT2D eigenvalue weighted by molar-refractivity contribution is 5.80. The van der Waals surface area contributed by atoms with Gasteiger partial charge in [-0.3, -0.25) is 4.79 Å². The van der Waals surface area contributed by atoms with Crippen molar-refractivity contribution in [3.05, 3.63) is 12.2 Å². The molecule has 0 aromatic rings. The molecule has 0 saturated heterocycles. The Hall–Kier alpha value is -0.590. The largest absolute Gasteiger partial charge is 0.299 e. The van der Waals surface area contributed by atoms with Crippen LogP contribution in [0.1, 0.15) is 39.0 Å². The van der Waals surface area contributed by atoms with Gasteiger partial charge in [-0.2, -0.15) is 0 Å². The molecule has 0 spiro atoms. The molecule has 0 aromatic carbocycles. The molecule has 1 aliphatic carbocycles. The quantitative estimate of drug-likeness (QED) is 0.556. The van der Waals surface area contributed by atoms with E-state index < -0.39 is 0 Å². The lowest BCUT2D eigenvalue weighted by Crippen LogP contribution is -2.12. The van der Waals surface area contributed by atoms with Crippen LogP contribution >= 0.6 is 0 Å². The summed E-state index contributed by atoms with van der Waals surface area (Å²) in [5, 5.41) is 0. The number of Topliss-reactive ketones (excluding diaryl/α,β-unsaturated/α-hetero) is 1. The molecule has 0 bridgehead atoms. The van der Waals surface area contributed by atoms with Crippen LogP contribution in [0.4, 0.5) is 0 Å². The van der Waals surface area contributed by atoms with E-state index in [4.69, 9.17) is 0 Å². The summed E-state index contributed by atoms with van der Waals surface area (Å²) in [6.07, 6.45) is 9.44. The van der Waals surface area contributed by atoms with Gasteiger partial charge in [0.15, 0.2) is 0 Å². The minimum absolute atomic E-state index is 0.356. The zero-order chi connectivity index (χ0) is 8.10. The molecule has 0 atom stereocenters. The van der Waals surface area contributed by atoms with Crippen molar-refractivity contribution < 1.29 is 4.79 Å². The van der Waals surface area contributed by atoms with Crippen LogP contribution < -0.4 is 0 Å². The van der Waals surface area contributed by atoms with E-state index in [2.05, 4.69) is 12.2 Å². The van der Waals surface area contributed by atoms with Crippen LogP contribution in [0.2, 0.25) is 0 Å². The summed E-state index contributed by atoms with van der Waals surface area (Å²) < 4.78 is 0. The number of hydrogen-bond acceptors (Lipinski definition) is 1. The third-order valence-electron chi connectivity index (χ3n) is 2.33. The smallest absolute Gasteiger partial charge is 0.135 e. The summed E-state index contributed by atoms with van der Waals surface area (Å²) >= 11 is 0. The molecule has 0 aliphatic heterocycles. The van der Waals surface area contributed by atoms with Crippen molar-refractivity contribution in [2.75, 3.05) is 0 Å². The van der Waals surface area contributed by atoms with Gasteiger partial charge in [0.1, 0.15) is 5.78 Å². The van der Waals surface area contributed by atoms with Gasteiger partial charge in [0, 0.05) is 12.3 Å². The lowest BCUT2D eigenvalue weighted by atomic mass is 9.94. The number of hydrogen-bond donors (Lipinski definition) is 0. The molecule has 0 radical (unpaired) electrons. The molecule has 1 heteroatoms. The minimum Gasteiger partial charge on any atom is -0.299 e. The van der Waals surface area contributed by atoms with E-state index in [1.165, 1.54) is 0 Å². The molecule has 1 nitrogen and oxygen atoms in total. The van der Waals surface area contributed by atoms with E-state index in [9.17, 15) is 4.79 Å². The molecule has 0 aromatic heterocycles. The number of carbonyl (C=O) groups is 1. The predicted octanol–water partition coefficient (Wildman–Crippen LogP) is 2.71. The van der Waals surface area contributed by atoms with Crippen LogP contribution in [0.25, 0.3) is 0 Å². The Morgan fingerprint density at radius 2 is 1.91 bits per heavy atom. The second kappa shape index (κ2) is 4.32. The van der Waals surface area contributed by atoms with E-state index in [0.29, 0.717) is 18.1 Å². The average molecular weight is 152 g/mol. The molecule has 0 N–H and O–H groups in total. The van der Waals surface area contributed by atoms with E-state index in [1.807, 2.05) is 6.92 Å². The van der Waals surface area contributed by atoms with E-state index in [-0.39, 0.29) is 0 Å². The second-order valence-corrected chi connectivity index (χ2v) is 3.14. The second-order valence-electron chi connectivity index (χ2n) is 3.14. The lowest BCUT2D eigenvalue weighted by molar-refractivity contribution is -0.122. The van der Waals surface area contributed by atoms with Gasteiger partial charge in [-0.1, -0.05) is 19.1 Å². The van der Waals surface area contributed by atoms with Crippen molar-refractivity contribution >= 4 is 5.78 Å². The maximum Gasteiger partial charge on any atom is 0.135 e. The molecule has 1 aliphatic rings. The summed E-state index contributed by atoms with van der Waals surface area (Å²) in [6, 6.07) is 0. The minimum atomic E-state index is 0.356. The molecule has 0 heterocycles. The van der Waals surface area contributed by atoms with Gasteiger partial charge in [0.25, 0.3) is 0 Å². The standard InChI is InChI=1S/C10H16O/c1-2-10(11)9-7-5-3-4-6-8-9/h3-4,9H,2,5-8H2,1H3. The first-order valence-electron chi connectivity index (χ1n) is 4.52. The normalized spacial score (nSPS) is 19.7. The first-order valence-corrected chi connectivity index (χ1v) is 4.52. The van der Waals surface area contributed by atoms with Gasteiger partial charge < -0.3 is 0 Å². The predicted molar refractivity (Wildman–Crippen MR) is 46.4 cm³/mol. The monoisotopic (exact) mass is 152 g/mol. The van der Waals surface area contributed by atoms with Gasteiger partial charge in [-0.05, 0) is 25.7 Å². The van der Waals surface area contributed by atoms with Crippen molar-refractivity contribution in [2.45, 2.75) is 39.0 Å². The zero-order valence-corrected chi connectivity index (χ0v) is 7.18. The molecule has 0 unspecified atom stereocenters. The highest BCUT2D eigenvalue weighted by atomic mass is 16.1. The van der Waals surface area contributed by atoms with Gasteiger partial charge in [-0.15, -0.1) is 0 Å². The Morgan fingerprint density at radius 3 is 2.36 bits per heavy atom. The van der Waals surface area contributed by atoms with Crippen molar-refractivity contribution in [3.8, 4) is 0 Å². The van der Waals surface area contributed by atoms with Crippen LogP contribution in [-0.2, 0) is 4.79 Å². The molecule has 62 valence electrons. The Balaban J connectivity index is 2.40. The van der Waals surface area contributed by atoms with E-state index in [1.54, 1.807) is 0 Å². The first-order chi connectivity index (χ1) is 5.34. The summed E-state index contributed by atoms with van der Waals surface area (Å²) in [5.41, 5.74) is 0. The number of rotatable bonds is 2. The van der Waals surface area contributed by atoms with Crippen molar-refractivity contribution in [3.63, 3.8) is 0 Å². The van der Waals surface area contributed by atoms with Gasteiger partial charge in [0.2, 0.25) is 0 Å². The highest BCUT2D eigenvalue weighted by Gasteiger charge is 2.15. The zero-order valence-electron chi connectivity index (χ0n) is 7.18. The average Bonchev–Trinajstić information content (AvgIpc) is 2.30. The third kappa shape index (κ3) is 2.49. The Labute approximate surface area is 68.5 Å². The van der Waals surface area contributed by atoms with Crippen LogP contribution in [0.15, 0.2) is 12.2 Å². The fourth-order valence-corrected chi connectivity index (χ4v) is 1.59. The van der Waals surface area contributed by atoms with Crippen LogP contribution in [-0.4, -0.2) is 5.78 Å². The van der Waals surface area contributed by atoms with Crippen molar-refractivity contribution in [2.24, 2.45) is 5.92 Å². The van der Waals surface area contributed by atoms with Gasteiger partial charge in [0.05, 0.1) is 0 Å². The van der Waals surface area contributed by atoms with Gasteiger partial charge >= 0.3 is 0 Å². The molecule has 0 saturated carbocycles. The Bertz CT molecular complexity index is 148. The maximum absolute atomic E-state index is 11.3. The fraction of sp³-hybridized carbons (Fsp3) is 0.700. The summed E-state index contributed by atoms with van der Waals surface area (Å²) in [7, 11) is 0. The molecular formula is C10H16O. The van der Waals surface area contributed by atoms with Crippen LogP contribution in [0.3, 0.4) is 0 Å². The summed E-state index contributed by atoms with van der Waals surface area (Å²) in [5.74, 6) is 0.809. The molecule has 1 rings (SSSR count). The third-order valence-corrected chi connectivity index (χ3v) is 2.33. The fourth-order valence-electron chi connectivity index (χ4n) is 1.59. The molecule has 0 amide bonds. The molecule has 0 fully saturated rings. The lowest BCUT2D eigenvalue weighted by Gasteiger charge is -2.10. The first kappa shape index (κ1) is 8.51. The van der Waals surface area contributed by atoms with Gasteiger partial charge in [-0.25, -0.2) is 0 Å². The number of ketones is 1. The Kier molecular flexibility index (Phi) is 3.34. The Morgan fingerprint density at radius 1 is 1.36 bits per heavy atom. The molecule has 11 heavy (non-hydrogen) atoms. The molecular weight excluding hydrogens is 136 g/mol. The topological polar surface area (TPSA) is 17.1 Å². The van der Waals surface area contributed by atoms with Crippen LogP contribution in [0.5, 0.6) is 0 Å². The van der Waals surface area contributed by atoms with Crippen molar-refractivity contribution in [1.29, 1.82) is 0 Å². The summed E-state index contributed by atoms with van der Waals surface area (Å²) in [6.45, 7) is 1.96. The van der Waals surface area contributed by atoms with Crippen molar-refractivity contribution in [1.82, 2.24) is 0 Å².